The van der Waals surface area contributed by atoms with E-state index in [1.807, 2.05) is 38.1 Å². The van der Waals surface area contributed by atoms with Crippen LogP contribution in [-0.2, 0) is 10.2 Å². The topological polar surface area (TPSA) is 49.3 Å². The highest BCUT2D eigenvalue weighted by Gasteiger charge is 2.22. The standard InChI is InChI=1S/C13H18ClNO2/c1-9(16)12(17)15-8-13(2,3)10-5-4-6-11(14)7-10/h4-7,9,16H,8H2,1-3H3,(H,15,17). The van der Waals surface area contributed by atoms with Gasteiger partial charge in [-0.2, -0.15) is 0 Å². The smallest absolute Gasteiger partial charge is 0.248 e. The number of carbonyl (C=O) groups is 1. The molecule has 0 saturated heterocycles. The van der Waals surface area contributed by atoms with Gasteiger partial charge in [0, 0.05) is 17.0 Å². The quantitative estimate of drug-likeness (QED) is 0.866. The Kier molecular flexibility index (Phi) is 4.54. The van der Waals surface area contributed by atoms with Gasteiger partial charge in [0.25, 0.3) is 0 Å². The van der Waals surface area contributed by atoms with Crippen molar-refractivity contribution >= 4 is 17.5 Å². The lowest BCUT2D eigenvalue weighted by Crippen LogP contribution is -2.40. The number of halogens is 1. The minimum Gasteiger partial charge on any atom is -0.384 e. The van der Waals surface area contributed by atoms with Crippen molar-refractivity contribution in [3.63, 3.8) is 0 Å². The van der Waals surface area contributed by atoms with Crippen molar-refractivity contribution in [3.8, 4) is 0 Å². The van der Waals surface area contributed by atoms with E-state index >= 15 is 0 Å². The molecule has 0 bridgehead atoms. The van der Waals surface area contributed by atoms with Crippen LogP contribution >= 0.6 is 11.6 Å². The predicted molar refractivity (Wildman–Crippen MR) is 69.2 cm³/mol. The second-order valence-electron chi connectivity index (χ2n) is 4.79. The van der Waals surface area contributed by atoms with E-state index in [0.29, 0.717) is 11.6 Å². The highest BCUT2D eigenvalue weighted by molar-refractivity contribution is 6.30. The zero-order chi connectivity index (χ0) is 13.1. The van der Waals surface area contributed by atoms with Crippen LogP contribution < -0.4 is 5.32 Å². The fraction of sp³-hybridized carbons (Fsp3) is 0.462. The summed E-state index contributed by atoms with van der Waals surface area (Å²) in [6, 6.07) is 7.56. The van der Waals surface area contributed by atoms with Gasteiger partial charge in [-0.25, -0.2) is 0 Å². The van der Waals surface area contributed by atoms with Gasteiger partial charge < -0.3 is 10.4 Å². The Labute approximate surface area is 107 Å². The summed E-state index contributed by atoms with van der Waals surface area (Å²) in [6.07, 6.45) is -0.981. The fourth-order valence-electron chi connectivity index (χ4n) is 1.47. The van der Waals surface area contributed by atoms with Crippen LogP contribution in [0.3, 0.4) is 0 Å². The summed E-state index contributed by atoms with van der Waals surface area (Å²) in [7, 11) is 0. The van der Waals surface area contributed by atoms with E-state index < -0.39 is 6.10 Å². The lowest BCUT2D eigenvalue weighted by Gasteiger charge is -2.26. The van der Waals surface area contributed by atoms with Gasteiger partial charge in [-0.1, -0.05) is 37.6 Å². The van der Waals surface area contributed by atoms with Gasteiger partial charge in [0.1, 0.15) is 6.10 Å². The summed E-state index contributed by atoms with van der Waals surface area (Å²) in [5, 5.41) is 12.5. The van der Waals surface area contributed by atoms with Crippen LogP contribution in [0.2, 0.25) is 5.02 Å². The molecule has 4 heteroatoms. The van der Waals surface area contributed by atoms with Crippen LogP contribution in [0.25, 0.3) is 0 Å². The average Bonchev–Trinajstić information content (AvgIpc) is 2.26. The van der Waals surface area contributed by atoms with Gasteiger partial charge in [-0.3, -0.25) is 4.79 Å². The molecule has 0 radical (unpaired) electrons. The van der Waals surface area contributed by atoms with Crippen molar-refractivity contribution in [2.24, 2.45) is 0 Å². The zero-order valence-corrected chi connectivity index (χ0v) is 11.1. The predicted octanol–water partition coefficient (Wildman–Crippen LogP) is 2.11. The minimum absolute atomic E-state index is 0.227. The SMILES string of the molecule is CC(O)C(=O)NCC(C)(C)c1cccc(Cl)c1. The second kappa shape index (κ2) is 5.52. The van der Waals surface area contributed by atoms with Gasteiger partial charge in [0.15, 0.2) is 0 Å². The van der Waals surface area contributed by atoms with Crippen LogP contribution in [0.4, 0.5) is 0 Å². The number of amides is 1. The summed E-state index contributed by atoms with van der Waals surface area (Å²) < 4.78 is 0. The zero-order valence-electron chi connectivity index (χ0n) is 10.3. The number of nitrogens with one attached hydrogen (secondary N) is 1. The molecular weight excluding hydrogens is 238 g/mol. The molecule has 0 fully saturated rings. The van der Waals surface area contributed by atoms with E-state index in [4.69, 9.17) is 16.7 Å². The Balaban J connectivity index is 2.72. The first-order valence-corrected chi connectivity index (χ1v) is 5.92. The fourth-order valence-corrected chi connectivity index (χ4v) is 1.66. The first-order chi connectivity index (χ1) is 7.83. The van der Waals surface area contributed by atoms with E-state index in [-0.39, 0.29) is 11.3 Å². The maximum atomic E-state index is 11.3. The molecule has 1 aromatic rings. The Bertz CT molecular complexity index is 402. The van der Waals surface area contributed by atoms with Crippen LogP contribution in [0.5, 0.6) is 0 Å². The van der Waals surface area contributed by atoms with Crippen molar-refractivity contribution in [2.45, 2.75) is 32.3 Å². The molecule has 1 amide bonds. The van der Waals surface area contributed by atoms with Gasteiger partial charge in [0.05, 0.1) is 0 Å². The monoisotopic (exact) mass is 255 g/mol. The summed E-state index contributed by atoms with van der Waals surface area (Å²) in [5.41, 5.74) is 0.825. The van der Waals surface area contributed by atoms with E-state index in [1.54, 1.807) is 0 Å². The van der Waals surface area contributed by atoms with Crippen LogP contribution in [0.1, 0.15) is 26.3 Å². The molecule has 3 nitrogen and oxygen atoms in total. The van der Waals surface area contributed by atoms with Crippen molar-refractivity contribution in [1.82, 2.24) is 5.32 Å². The Morgan fingerprint density at radius 1 is 1.53 bits per heavy atom. The molecule has 0 aromatic heterocycles. The van der Waals surface area contributed by atoms with Gasteiger partial charge in [-0.15, -0.1) is 0 Å². The number of rotatable bonds is 4. The summed E-state index contributed by atoms with van der Waals surface area (Å²) >= 11 is 5.94. The maximum absolute atomic E-state index is 11.3. The molecule has 0 aliphatic rings. The number of hydrogen-bond donors (Lipinski definition) is 2. The first kappa shape index (κ1) is 14.0. The minimum atomic E-state index is -0.981. The van der Waals surface area contributed by atoms with Crippen molar-refractivity contribution in [1.29, 1.82) is 0 Å². The lowest BCUT2D eigenvalue weighted by molar-refractivity contribution is -0.128. The molecule has 94 valence electrons. The van der Waals surface area contributed by atoms with Crippen LogP contribution in [0, 0.1) is 0 Å². The second-order valence-corrected chi connectivity index (χ2v) is 5.22. The van der Waals surface area contributed by atoms with E-state index in [2.05, 4.69) is 5.32 Å². The molecule has 0 aliphatic carbocycles. The molecule has 1 aromatic carbocycles. The normalized spacial score (nSPS) is 13.2. The van der Waals surface area contributed by atoms with Gasteiger partial charge in [0.2, 0.25) is 5.91 Å². The van der Waals surface area contributed by atoms with Crippen molar-refractivity contribution in [3.05, 3.63) is 34.9 Å². The number of aliphatic hydroxyl groups excluding tert-OH is 1. The van der Waals surface area contributed by atoms with E-state index in [0.717, 1.165) is 5.56 Å². The number of benzene rings is 1. The van der Waals surface area contributed by atoms with Crippen LogP contribution in [-0.4, -0.2) is 23.7 Å². The largest absolute Gasteiger partial charge is 0.384 e. The van der Waals surface area contributed by atoms with Crippen molar-refractivity contribution < 1.29 is 9.90 Å². The Hall–Kier alpha value is -1.06. The number of carbonyl (C=O) groups excluding carboxylic acids is 1. The highest BCUT2D eigenvalue weighted by Crippen LogP contribution is 2.24. The highest BCUT2D eigenvalue weighted by atomic mass is 35.5. The van der Waals surface area contributed by atoms with Crippen LogP contribution in [0.15, 0.2) is 24.3 Å². The molecule has 1 atom stereocenters. The third kappa shape index (κ3) is 4.02. The number of hydrogen-bond acceptors (Lipinski definition) is 2. The first-order valence-electron chi connectivity index (χ1n) is 5.55. The Morgan fingerprint density at radius 3 is 2.71 bits per heavy atom. The summed E-state index contributed by atoms with van der Waals surface area (Å²) in [5.74, 6) is -0.361. The molecule has 2 N–H and O–H groups in total. The van der Waals surface area contributed by atoms with Gasteiger partial charge >= 0.3 is 0 Å². The van der Waals surface area contributed by atoms with Crippen molar-refractivity contribution in [2.75, 3.05) is 6.54 Å². The molecule has 0 aliphatic heterocycles. The number of aliphatic hydroxyl groups is 1. The maximum Gasteiger partial charge on any atom is 0.248 e. The molecule has 0 heterocycles. The summed E-state index contributed by atoms with van der Waals surface area (Å²) in [4.78, 5) is 11.3. The molecule has 0 spiro atoms. The third-order valence-electron chi connectivity index (χ3n) is 2.69. The van der Waals surface area contributed by atoms with E-state index in [1.165, 1.54) is 6.92 Å². The lowest BCUT2D eigenvalue weighted by atomic mass is 9.84. The average molecular weight is 256 g/mol. The molecule has 17 heavy (non-hydrogen) atoms. The molecule has 0 saturated carbocycles. The molecule has 1 rings (SSSR count). The third-order valence-corrected chi connectivity index (χ3v) is 2.93. The molecule has 1 unspecified atom stereocenters. The Morgan fingerprint density at radius 2 is 2.18 bits per heavy atom. The van der Waals surface area contributed by atoms with E-state index in [9.17, 15) is 4.79 Å². The van der Waals surface area contributed by atoms with Gasteiger partial charge in [-0.05, 0) is 24.6 Å². The summed E-state index contributed by atoms with van der Waals surface area (Å²) in [6.45, 7) is 5.93. The molecular formula is C13H18ClNO2.